The van der Waals surface area contributed by atoms with E-state index in [1.807, 2.05) is 18.4 Å². The highest BCUT2D eigenvalue weighted by molar-refractivity contribution is 7.10. The smallest absolute Gasteiger partial charge is 0.0582 e. The zero-order valence-corrected chi connectivity index (χ0v) is 13.3. The molecule has 0 aliphatic rings. The van der Waals surface area contributed by atoms with Gasteiger partial charge in [-0.1, -0.05) is 45.0 Å². The van der Waals surface area contributed by atoms with E-state index in [-0.39, 0.29) is 5.41 Å². The van der Waals surface area contributed by atoms with Gasteiger partial charge in [-0.05, 0) is 47.5 Å². The highest BCUT2D eigenvalue weighted by atomic mass is 32.1. The Labute approximate surface area is 120 Å². The van der Waals surface area contributed by atoms with Crippen LogP contribution in [0.1, 0.15) is 48.4 Å². The molecule has 0 bridgehead atoms. The van der Waals surface area contributed by atoms with Gasteiger partial charge in [-0.15, -0.1) is 11.3 Å². The highest BCUT2D eigenvalue weighted by Gasteiger charge is 2.16. The summed E-state index contributed by atoms with van der Waals surface area (Å²) in [7, 11) is 2.02. The van der Waals surface area contributed by atoms with Gasteiger partial charge in [-0.3, -0.25) is 0 Å². The number of nitrogens with one attached hydrogen (secondary N) is 1. The lowest BCUT2D eigenvalue weighted by atomic mass is 9.86. The van der Waals surface area contributed by atoms with Crippen LogP contribution in [0.4, 0.5) is 0 Å². The summed E-state index contributed by atoms with van der Waals surface area (Å²) in [6.07, 6.45) is 0. The van der Waals surface area contributed by atoms with Gasteiger partial charge in [0.1, 0.15) is 0 Å². The summed E-state index contributed by atoms with van der Waals surface area (Å²) in [5, 5.41) is 5.66. The minimum Gasteiger partial charge on any atom is -0.309 e. The van der Waals surface area contributed by atoms with E-state index < -0.39 is 0 Å². The van der Waals surface area contributed by atoms with E-state index in [1.54, 1.807) is 0 Å². The van der Waals surface area contributed by atoms with E-state index in [9.17, 15) is 0 Å². The minimum absolute atomic E-state index is 0.215. The van der Waals surface area contributed by atoms with Gasteiger partial charge >= 0.3 is 0 Å². The van der Waals surface area contributed by atoms with Crippen molar-refractivity contribution in [3.63, 3.8) is 0 Å². The fourth-order valence-electron chi connectivity index (χ4n) is 2.32. The van der Waals surface area contributed by atoms with Gasteiger partial charge in [-0.25, -0.2) is 0 Å². The molecule has 1 heterocycles. The van der Waals surface area contributed by atoms with Crippen LogP contribution in [-0.4, -0.2) is 7.05 Å². The molecule has 0 aliphatic carbocycles. The third kappa shape index (κ3) is 3.26. The van der Waals surface area contributed by atoms with Crippen molar-refractivity contribution in [2.75, 3.05) is 7.05 Å². The van der Waals surface area contributed by atoms with Crippen LogP contribution in [0.3, 0.4) is 0 Å². The van der Waals surface area contributed by atoms with Crippen LogP contribution in [0.5, 0.6) is 0 Å². The Hall–Kier alpha value is -1.12. The quantitative estimate of drug-likeness (QED) is 0.857. The number of hydrogen-bond acceptors (Lipinski definition) is 2. The maximum absolute atomic E-state index is 3.41. The summed E-state index contributed by atoms with van der Waals surface area (Å²) in [5.41, 5.74) is 4.28. The van der Waals surface area contributed by atoms with E-state index in [4.69, 9.17) is 0 Å². The number of rotatable bonds is 3. The zero-order valence-electron chi connectivity index (χ0n) is 12.4. The lowest BCUT2D eigenvalue weighted by Crippen LogP contribution is -2.17. The first-order valence-corrected chi connectivity index (χ1v) is 7.62. The summed E-state index contributed by atoms with van der Waals surface area (Å²) in [5.74, 6) is 0. The predicted molar refractivity (Wildman–Crippen MR) is 85.1 cm³/mol. The maximum atomic E-state index is 3.41. The second-order valence-corrected chi connectivity index (χ2v) is 7.20. The Bertz CT molecular complexity index is 531. The van der Waals surface area contributed by atoms with Gasteiger partial charge in [0, 0.05) is 4.88 Å². The molecule has 2 aromatic rings. The molecular formula is C17H23NS. The lowest BCUT2D eigenvalue weighted by Gasteiger charge is -2.21. The molecule has 0 aliphatic heterocycles. The molecular weight excluding hydrogens is 250 g/mol. The number of thiophene rings is 1. The first-order valence-electron chi connectivity index (χ1n) is 6.74. The van der Waals surface area contributed by atoms with E-state index in [0.717, 1.165) is 0 Å². The summed E-state index contributed by atoms with van der Waals surface area (Å²) >= 11 is 1.81. The van der Waals surface area contributed by atoms with Gasteiger partial charge in [0.2, 0.25) is 0 Å². The van der Waals surface area contributed by atoms with Gasteiger partial charge in [-0.2, -0.15) is 0 Å². The molecule has 1 aromatic carbocycles. The molecule has 0 spiro atoms. The Morgan fingerprint density at radius 3 is 2.11 bits per heavy atom. The summed E-state index contributed by atoms with van der Waals surface area (Å²) in [4.78, 5) is 1.36. The first-order chi connectivity index (χ1) is 8.91. The van der Waals surface area contributed by atoms with Crippen molar-refractivity contribution in [1.29, 1.82) is 0 Å². The van der Waals surface area contributed by atoms with Gasteiger partial charge < -0.3 is 5.32 Å². The third-order valence-electron chi connectivity index (χ3n) is 3.48. The van der Waals surface area contributed by atoms with Crippen molar-refractivity contribution < 1.29 is 0 Å². The molecule has 19 heavy (non-hydrogen) atoms. The molecule has 0 amide bonds. The SMILES string of the molecule is CNC(c1ccc(C(C)(C)C)cc1)c1csc(C)c1. The largest absolute Gasteiger partial charge is 0.309 e. The maximum Gasteiger partial charge on any atom is 0.0582 e. The van der Waals surface area contributed by atoms with Crippen LogP contribution in [-0.2, 0) is 5.41 Å². The molecule has 1 aromatic heterocycles. The van der Waals surface area contributed by atoms with Crippen LogP contribution in [0.25, 0.3) is 0 Å². The van der Waals surface area contributed by atoms with Crippen molar-refractivity contribution in [2.24, 2.45) is 0 Å². The van der Waals surface area contributed by atoms with Crippen LogP contribution in [0, 0.1) is 6.92 Å². The Morgan fingerprint density at radius 2 is 1.68 bits per heavy atom. The lowest BCUT2D eigenvalue weighted by molar-refractivity contribution is 0.589. The normalized spacial score (nSPS) is 13.5. The van der Waals surface area contributed by atoms with E-state index >= 15 is 0 Å². The fourth-order valence-corrected chi connectivity index (χ4v) is 3.05. The highest BCUT2D eigenvalue weighted by Crippen LogP contribution is 2.28. The molecule has 2 rings (SSSR count). The van der Waals surface area contributed by atoms with E-state index in [2.05, 4.69) is 68.7 Å². The second-order valence-electron chi connectivity index (χ2n) is 6.08. The van der Waals surface area contributed by atoms with Gasteiger partial charge in [0.15, 0.2) is 0 Å². The first kappa shape index (κ1) is 14.3. The average Bonchev–Trinajstić information content (AvgIpc) is 2.76. The molecule has 0 radical (unpaired) electrons. The Balaban J connectivity index is 2.30. The molecule has 0 fully saturated rings. The number of aryl methyl sites for hydroxylation is 1. The van der Waals surface area contributed by atoms with Crippen LogP contribution >= 0.6 is 11.3 Å². The van der Waals surface area contributed by atoms with Crippen molar-refractivity contribution in [2.45, 2.75) is 39.2 Å². The topological polar surface area (TPSA) is 12.0 Å². The van der Waals surface area contributed by atoms with Crippen molar-refractivity contribution in [3.8, 4) is 0 Å². The molecule has 0 saturated heterocycles. The third-order valence-corrected chi connectivity index (χ3v) is 4.36. The summed E-state index contributed by atoms with van der Waals surface area (Å²) in [6.45, 7) is 8.91. The molecule has 102 valence electrons. The average molecular weight is 273 g/mol. The number of hydrogen-bond donors (Lipinski definition) is 1. The molecule has 1 N–H and O–H groups in total. The van der Waals surface area contributed by atoms with Crippen LogP contribution < -0.4 is 5.32 Å². The summed E-state index contributed by atoms with van der Waals surface area (Å²) in [6, 6.07) is 11.5. The fraction of sp³-hybridized carbons (Fsp3) is 0.412. The summed E-state index contributed by atoms with van der Waals surface area (Å²) < 4.78 is 0. The molecule has 0 saturated carbocycles. The monoisotopic (exact) mass is 273 g/mol. The van der Waals surface area contributed by atoms with E-state index in [1.165, 1.54) is 21.6 Å². The molecule has 1 unspecified atom stereocenters. The molecule has 1 atom stereocenters. The zero-order chi connectivity index (χ0) is 14.0. The van der Waals surface area contributed by atoms with Crippen molar-refractivity contribution in [1.82, 2.24) is 5.32 Å². The predicted octanol–water partition coefficient (Wildman–Crippen LogP) is 4.66. The van der Waals surface area contributed by atoms with Gasteiger partial charge in [0.25, 0.3) is 0 Å². The molecule has 2 heteroatoms. The van der Waals surface area contributed by atoms with Crippen LogP contribution in [0.2, 0.25) is 0 Å². The van der Waals surface area contributed by atoms with Crippen molar-refractivity contribution in [3.05, 3.63) is 57.3 Å². The second kappa shape index (κ2) is 5.48. The van der Waals surface area contributed by atoms with Gasteiger partial charge in [0.05, 0.1) is 6.04 Å². The Kier molecular flexibility index (Phi) is 4.12. The number of benzene rings is 1. The van der Waals surface area contributed by atoms with Crippen molar-refractivity contribution >= 4 is 11.3 Å². The minimum atomic E-state index is 0.215. The molecule has 1 nitrogen and oxygen atoms in total. The standard InChI is InChI=1S/C17H23NS/c1-12-10-14(11-19-12)16(18-5)13-6-8-15(9-7-13)17(2,3)4/h6-11,16,18H,1-5H3. The Morgan fingerprint density at radius 1 is 1.05 bits per heavy atom. The van der Waals surface area contributed by atoms with Crippen LogP contribution in [0.15, 0.2) is 35.7 Å². The van der Waals surface area contributed by atoms with E-state index in [0.29, 0.717) is 6.04 Å².